The van der Waals surface area contributed by atoms with Gasteiger partial charge >= 0.3 is 0 Å². The Morgan fingerprint density at radius 2 is 2.00 bits per heavy atom. The summed E-state index contributed by atoms with van der Waals surface area (Å²) >= 11 is 0. The molecule has 1 aliphatic heterocycles. The van der Waals surface area contributed by atoms with E-state index in [0.29, 0.717) is 13.0 Å². The second kappa shape index (κ2) is 11.4. The molecule has 0 aromatic carbocycles. The van der Waals surface area contributed by atoms with Gasteiger partial charge in [-0.2, -0.15) is 5.10 Å². The first-order valence-corrected chi connectivity index (χ1v) is 12.0. The number of pyridine rings is 1. The lowest BCUT2D eigenvalue weighted by Gasteiger charge is -2.14. The van der Waals surface area contributed by atoms with Crippen molar-refractivity contribution >= 4 is 18.1 Å². The Morgan fingerprint density at radius 1 is 1.11 bits per heavy atom. The van der Waals surface area contributed by atoms with Crippen LogP contribution < -0.4 is 5.32 Å². The molecule has 0 spiro atoms. The molecule has 0 fully saturated rings. The smallest absolute Gasteiger partial charge is 0.148 e. The first-order valence-electron chi connectivity index (χ1n) is 12.0. The number of nitrogens with zero attached hydrogens (tertiary/aromatic N) is 5. The second-order valence-electron chi connectivity index (χ2n) is 8.42. The van der Waals surface area contributed by atoms with E-state index in [0.717, 1.165) is 59.3 Å². The maximum absolute atomic E-state index is 5.03. The molecule has 3 heterocycles. The molecule has 7 heteroatoms. The van der Waals surface area contributed by atoms with Crippen molar-refractivity contribution in [3.05, 3.63) is 89.3 Å². The van der Waals surface area contributed by atoms with Crippen LogP contribution in [0.2, 0.25) is 0 Å². The summed E-state index contributed by atoms with van der Waals surface area (Å²) in [4.78, 5) is 17.7. The first-order chi connectivity index (χ1) is 17.1. The zero-order chi connectivity index (χ0) is 24.6. The van der Waals surface area contributed by atoms with Gasteiger partial charge in [-0.15, -0.1) is 0 Å². The van der Waals surface area contributed by atoms with Crippen LogP contribution >= 0.6 is 0 Å². The number of allylic oxidation sites excluding steroid dienone is 7. The third-order valence-corrected chi connectivity index (χ3v) is 6.02. The quantitative estimate of drug-likeness (QED) is 0.405. The topological polar surface area (TPSA) is 81.6 Å². The lowest BCUT2D eigenvalue weighted by atomic mass is 10.0. The van der Waals surface area contributed by atoms with E-state index in [1.165, 1.54) is 11.3 Å². The van der Waals surface area contributed by atoms with E-state index in [1.54, 1.807) is 12.1 Å². The number of aromatic amines is 1. The van der Waals surface area contributed by atoms with Gasteiger partial charge in [-0.05, 0) is 50.0 Å². The molecule has 0 saturated heterocycles. The summed E-state index contributed by atoms with van der Waals surface area (Å²) in [6.45, 7) is 8.49. The normalized spacial score (nSPS) is 21.2. The molecule has 0 unspecified atom stereocenters. The molecule has 7 nitrogen and oxygen atoms in total. The maximum atomic E-state index is 5.03. The third kappa shape index (κ3) is 5.74. The number of nitrogens with one attached hydrogen (secondary N) is 2. The van der Waals surface area contributed by atoms with Crippen molar-refractivity contribution in [3.63, 3.8) is 0 Å². The molecule has 0 amide bonds. The van der Waals surface area contributed by atoms with Crippen LogP contribution in [-0.4, -0.2) is 39.6 Å². The van der Waals surface area contributed by atoms with E-state index in [9.17, 15) is 0 Å². The minimum absolute atomic E-state index is 0.591. The Kier molecular flexibility index (Phi) is 7.88. The highest BCUT2D eigenvalue weighted by atomic mass is 15.5. The van der Waals surface area contributed by atoms with Gasteiger partial charge in [-0.25, -0.2) is 9.99 Å². The van der Waals surface area contributed by atoms with Crippen molar-refractivity contribution in [2.24, 2.45) is 10.1 Å². The summed E-state index contributed by atoms with van der Waals surface area (Å²) in [7, 11) is 1.75. The number of hydrogen-bond acceptors (Lipinski definition) is 5. The molecule has 0 saturated carbocycles. The second-order valence-corrected chi connectivity index (χ2v) is 8.42. The highest BCUT2D eigenvalue weighted by Crippen LogP contribution is 2.30. The standard InChI is InChI=1S/C28H33N7/c1-5-21-13-8-6-7-9-15-23(21)31-18-25-33-27(28(34-25)24-16-10-12-20(2)32-24)22-14-11-17-26(29-3)35(19-22)30-4/h7-13,16-17,19,31H,4-6,14-15,18H2,1-3H3,(H,33,34)/b9-7-,13-8-,23-21+,29-26?. The Morgan fingerprint density at radius 3 is 2.77 bits per heavy atom. The highest BCUT2D eigenvalue weighted by molar-refractivity contribution is 5.95. The van der Waals surface area contributed by atoms with E-state index in [4.69, 9.17) is 9.97 Å². The van der Waals surface area contributed by atoms with Gasteiger partial charge in [0.05, 0.1) is 23.6 Å². The SMILES string of the molecule is C=NN1C=C(c2nc(CN/C3=C(CC)/C=C\C/C=C\C3)[nH]c2-c2cccc(C)n2)CC=CC1=NC. The fourth-order valence-electron chi connectivity index (χ4n) is 4.21. The fraction of sp³-hybridized carbons (Fsp3) is 0.286. The van der Waals surface area contributed by atoms with Gasteiger partial charge in [0.1, 0.15) is 11.7 Å². The average molecular weight is 468 g/mol. The van der Waals surface area contributed by atoms with Gasteiger partial charge < -0.3 is 10.3 Å². The van der Waals surface area contributed by atoms with Gasteiger partial charge in [0.2, 0.25) is 0 Å². The number of imidazole rings is 1. The van der Waals surface area contributed by atoms with Crippen molar-refractivity contribution in [3.8, 4) is 11.4 Å². The van der Waals surface area contributed by atoms with Gasteiger partial charge in [0.15, 0.2) is 0 Å². The molecule has 180 valence electrons. The highest BCUT2D eigenvalue weighted by Gasteiger charge is 2.20. The molecule has 4 rings (SSSR count). The van der Waals surface area contributed by atoms with Crippen molar-refractivity contribution < 1.29 is 0 Å². The Hall–Kier alpha value is -4.00. The zero-order valence-electron chi connectivity index (χ0n) is 20.8. The number of aliphatic imine (C=N–C) groups is 1. The van der Waals surface area contributed by atoms with Crippen LogP contribution in [0, 0.1) is 6.92 Å². The molecule has 0 bridgehead atoms. The predicted octanol–water partition coefficient (Wildman–Crippen LogP) is 5.69. The van der Waals surface area contributed by atoms with Crippen molar-refractivity contribution in [2.45, 2.75) is 46.1 Å². The van der Waals surface area contributed by atoms with Gasteiger partial charge in [0.25, 0.3) is 0 Å². The van der Waals surface area contributed by atoms with Crippen LogP contribution in [0.5, 0.6) is 0 Å². The number of hydrazone groups is 1. The van der Waals surface area contributed by atoms with Crippen LogP contribution in [-0.2, 0) is 6.54 Å². The lowest BCUT2D eigenvalue weighted by molar-refractivity contribution is 0.612. The van der Waals surface area contributed by atoms with E-state index in [1.807, 2.05) is 37.4 Å². The molecule has 1 aliphatic carbocycles. The summed E-state index contributed by atoms with van der Waals surface area (Å²) < 4.78 is 0. The zero-order valence-corrected chi connectivity index (χ0v) is 20.8. The number of H-pyrrole nitrogens is 1. The molecule has 35 heavy (non-hydrogen) atoms. The molecule has 0 atom stereocenters. The van der Waals surface area contributed by atoms with Crippen molar-refractivity contribution in [1.82, 2.24) is 25.3 Å². The molecule has 2 aromatic rings. The van der Waals surface area contributed by atoms with Gasteiger partial charge in [-0.3, -0.25) is 9.98 Å². The van der Waals surface area contributed by atoms with E-state index >= 15 is 0 Å². The molecule has 2 N–H and O–H groups in total. The average Bonchev–Trinajstić information content (AvgIpc) is 3.16. The van der Waals surface area contributed by atoms with Gasteiger partial charge in [-0.1, -0.05) is 43.4 Å². The maximum Gasteiger partial charge on any atom is 0.148 e. The largest absolute Gasteiger partial charge is 0.381 e. The van der Waals surface area contributed by atoms with Gasteiger partial charge in [0, 0.05) is 43.4 Å². The van der Waals surface area contributed by atoms with Crippen molar-refractivity contribution in [1.29, 1.82) is 0 Å². The van der Waals surface area contributed by atoms with Crippen molar-refractivity contribution in [2.75, 3.05) is 7.05 Å². The summed E-state index contributed by atoms with van der Waals surface area (Å²) in [6, 6.07) is 6.03. The number of aromatic nitrogens is 3. The Balaban J connectivity index is 1.72. The Bertz CT molecular complexity index is 1250. The first kappa shape index (κ1) is 24.1. The molecule has 2 aliphatic rings. The van der Waals surface area contributed by atoms with E-state index in [-0.39, 0.29) is 0 Å². The summed E-state index contributed by atoms with van der Waals surface area (Å²) in [5, 5.41) is 9.45. The number of aryl methyl sites for hydroxylation is 1. The molecular formula is C28H33N7. The van der Waals surface area contributed by atoms with Crippen LogP contribution in [0.15, 0.2) is 82.2 Å². The van der Waals surface area contributed by atoms with Crippen LogP contribution in [0.3, 0.4) is 0 Å². The van der Waals surface area contributed by atoms with Crippen LogP contribution in [0.4, 0.5) is 0 Å². The monoisotopic (exact) mass is 467 g/mol. The minimum atomic E-state index is 0.591. The van der Waals surface area contributed by atoms with E-state index in [2.05, 4.69) is 64.4 Å². The minimum Gasteiger partial charge on any atom is -0.381 e. The number of amidine groups is 1. The predicted molar refractivity (Wildman–Crippen MR) is 145 cm³/mol. The molecular weight excluding hydrogens is 434 g/mol. The fourth-order valence-corrected chi connectivity index (χ4v) is 4.21. The third-order valence-electron chi connectivity index (χ3n) is 6.02. The summed E-state index contributed by atoms with van der Waals surface area (Å²) in [5.41, 5.74) is 7.15. The number of rotatable bonds is 7. The van der Waals surface area contributed by atoms with Crippen LogP contribution in [0.1, 0.15) is 49.8 Å². The van der Waals surface area contributed by atoms with Crippen LogP contribution in [0.25, 0.3) is 17.0 Å². The van der Waals surface area contributed by atoms with E-state index < -0.39 is 0 Å². The number of hydrogen-bond donors (Lipinski definition) is 2. The summed E-state index contributed by atoms with van der Waals surface area (Å²) in [6.07, 6.45) is 18.4. The molecule has 0 radical (unpaired) electrons. The molecule has 2 aromatic heterocycles. The Labute approximate surface area is 207 Å². The summed E-state index contributed by atoms with van der Waals surface area (Å²) in [5.74, 6) is 1.58. The lowest BCUT2D eigenvalue weighted by Crippen LogP contribution is -2.17.